The highest BCUT2D eigenvalue weighted by molar-refractivity contribution is 5.36. The Morgan fingerprint density at radius 3 is 2.83 bits per heavy atom. The lowest BCUT2D eigenvalue weighted by molar-refractivity contribution is 0.429. The van der Waals surface area contributed by atoms with Gasteiger partial charge in [-0.25, -0.2) is 0 Å². The Morgan fingerprint density at radius 2 is 2.11 bits per heavy atom. The predicted octanol–water partition coefficient (Wildman–Crippen LogP) is 2.95. The van der Waals surface area contributed by atoms with E-state index in [0.717, 1.165) is 19.4 Å². The number of rotatable bonds is 3. The summed E-state index contributed by atoms with van der Waals surface area (Å²) in [6, 6.07) is 7.11. The van der Waals surface area contributed by atoms with Crippen molar-refractivity contribution in [1.29, 1.82) is 0 Å². The van der Waals surface area contributed by atoms with Gasteiger partial charge in [0.15, 0.2) is 0 Å². The van der Waals surface area contributed by atoms with E-state index in [2.05, 4.69) is 44.3 Å². The van der Waals surface area contributed by atoms with Crippen molar-refractivity contribution in [2.45, 2.75) is 58.0 Å². The average molecular weight is 246 g/mol. The van der Waals surface area contributed by atoms with E-state index in [1.807, 2.05) is 0 Å². The second-order valence-corrected chi connectivity index (χ2v) is 6.46. The quantitative estimate of drug-likeness (QED) is 0.860. The third kappa shape index (κ3) is 3.56. The van der Waals surface area contributed by atoms with Gasteiger partial charge in [0.2, 0.25) is 0 Å². The summed E-state index contributed by atoms with van der Waals surface area (Å²) >= 11 is 0. The van der Waals surface area contributed by atoms with Crippen molar-refractivity contribution in [2.24, 2.45) is 5.73 Å². The molecule has 0 saturated heterocycles. The summed E-state index contributed by atoms with van der Waals surface area (Å²) in [5, 5.41) is 3.53. The van der Waals surface area contributed by atoms with Gasteiger partial charge in [-0.3, -0.25) is 0 Å². The van der Waals surface area contributed by atoms with Gasteiger partial charge in [-0.2, -0.15) is 0 Å². The molecular weight excluding hydrogens is 220 g/mol. The molecular formula is C16H26N2. The highest BCUT2D eigenvalue weighted by Crippen LogP contribution is 2.28. The van der Waals surface area contributed by atoms with E-state index in [1.54, 1.807) is 0 Å². The van der Waals surface area contributed by atoms with Gasteiger partial charge in [0, 0.05) is 11.6 Å². The van der Waals surface area contributed by atoms with Crippen molar-refractivity contribution in [3.63, 3.8) is 0 Å². The first-order valence-corrected chi connectivity index (χ1v) is 7.08. The van der Waals surface area contributed by atoms with Crippen molar-refractivity contribution < 1.29 is 0 Å². The van der Waals surface area contributed by atoms with Gasteiger partial charge in [0.25, 0.3) is 0 Å². The highest BCUT2D eigenvalue weighted by Gasteiger charge is 2.16. The van der Waals surface area contributed by atoms with E-state index in [1.165, 1.54) is 29.5 Å². The first kappa shape index (κ1) is 13.6. The van der Waals surface area contributed by atoms with Crippen LogP contribution in [0.5, 0.6) is 0 Å². The first-order valence-electron chi connectivity index (χ1n) is 7.08. The molecule has 0 spiro atoms. The normalized spacial score (nSPS) is 19.7. The van der Waals surface area contributed by atoms with Crippen LogP contribution in [0.4, 0.5) is 0 Å². The molecule has 1 unspecified atom stereocenters. The molecule has 0 amide bonds. The zero-order valence-corrected chi connectivity index (χ0v) is 11.9. The third-order valence-electron chi connectivity index (χ3n) is 3.64. The molecule has 0 heterocycles. The summed E-state index contributed by atoms with van der Waals surface area (Å²) in [6.07, 6.45) is 4.67. The van der Waals surface area contributed by atoms with Crippen LogP contribution in [-0.2, 0) is 12.8 Å². The molecule has 1 aliphatic carbocycles. The van der Waals surface area contributed by atoms with E-state index >= 15 is 0 Å². The first-order chi connectivity index (χ1) is 8.46. The van der Waals surface area contributed by atoms with E-state index in [9.17, 15) is 0 Å². The maximum absolute atomic E-state index is 6.14. The SMILES string of the molecule is CC(C)(C)NCCc1ccc2c(c1)CCCC2N. The van der Waals surface area contributed by atoms with Gasteiger partial charge in [0.05, 0.1) is 0 Å². The van der Waals surface area contributed by atoms with Crippen LogP contribution in [0.25, 0.3) is 0 Å². The molecule has 1 atom stereocenters. The fourth-order valence-corrected chi connectivity index (χ4v) is 2.64. The lowest BCUT2D eigenvalue weighted by Crippen LogP contribution is -2.37. The van der Waals surface area contributed by atoms with Crippen LogP contribution >= 0.6 is 0 Å². The molecule has 100 valence electrons. The zero-order chi connectivity index (χ0) is 13.2. The molecule has 0 aromatic heterocycles. The smallest absolute Gasteiger partial charge is 0.0297 e. The Hall–Kier alpha value is -0.860. The largest absolute Gasteiger partial charge is 0.324 e. The number of hydrogen-bond acceptors (Lipinski definition) is 2. The van der Waals surface area contributed by atoms with Crippen molar-refractivity contribution in [3.8, 4) is 0 Å². The lowest BCUT2D eigenvalue weighted by atomic mass is 9.87. The van der Waals surface area contributed by atoms with Gasteiger partial charge < -0.3 is 11.1 Å². The minimum atomic E-state index is 0.205. The summed E-state index contributed by atoms with van der Waals surface area (Å²) in [7, 11) is 0. The molecule has 0 fully saturated rings. The molecule has 0 aliphatic heterocycles. The molecule has 18 heavy (non-hydrogen) atoms. The summed E-state index contributed by atoms with van der Waals surface area (Å²) in [4.78, 5) is 0. The van der Waals surface area contributed by atoms with Crippen LogP contribution in [0.3, 0.4) is 0 Å². The molecule has 1 aromatic rings. The summed E-state index contributed by atoms with van der Waals surface area (Å²) < 4.78 is 0. The van der Waals surface area contributed by atoms with Gasteiger partial charge in [-0.1, -0.05) is 18.2 Å². The highest BCUT2D eigenvalue weighted by atomic mass is 14.9. The van der Waals surface area contributed by atoms with Gasteiger partial charge >= 0.3 is 0 Å². The van der Waals surface area contributed by atoms with Crippen LogP contribution in [0.1, 0.15) is 56.3 Å². The van der Waals surface area contributed by atoms with E-state index in [0.29, 0.717) is 0 Å². The third-order valence-corrected chi connectivity index (χ3v) is 3.64. The average Bonchev–Trinajstić information content (AvgIpc) is 2.27. The number of hydrogen-bond donors (Lipinski definition) is 2. The van der Waals surface area contributed by atoms with E-state index in [-0.39, 0.29) is 11.6 Å². The summed E-state index contributed by atoms with van der Waals surface area (Å²) in [5.74, 6) is 0. The molecule has 0 radical (unpaired) electrons. The molecule has 2 heteroatoms. The summed E-state index contributed by atoms with van der Waals surface area (Å²) in [5.41, 5.74) is 10.6. The predicted molar refractivity (Wildman–Crippen MR) is 77.8 cm³/mol. The number of fused-ring (bicyclic) bond motifs is 1. The van der Waals surface area contributed by atoms with E-state index in [4.69, 9.17) is 5.73 Å². The Bertz CT molecular complexity index is 404. The summed E-state index contributed by atoms with van der Waals surface area (Å²) in [6.45, 7) is 7.66. The molecule has 1 aliphatic rings. The lowest BCUT2D eigenvalue weighted by Gasteiger charge is -2.23. The monoisotopic (exact) mass is 246 g/mol. The minimum absolute atomic E-state index is 0.205. The van der Waals surface area contributed by atoms with Crippen molar-refractivity contribution in [1.82, 2.24) is 5.32 Å². The van der Waals surface area contributed by atoms with Gasteiger partial charge in [-0.15, -0.1) is 0 Å². The van der Waals surface area contributed by atoms with Crippen LogP contribution in [0, 0.1) is 0 Å². The van der Waals surface area contributed by atoms with Crippen molar-refractivity contribution in [3.05, 3.63) is 34.9 Å². The second kappa shape index (κ2) is 5.41. The van der Waals surface area contributed by atoms with Crippen LogP contribution in [0.15, 0.2) is 18.2 Å². The van der Waals surface area contributed by atoms with Crippen LogP contribution < -0.4 is 11.1 Å². The zero-order valence-electron chi connectivity index (χ0n) is 11.9. The topological polar surface area (TPSA) is 38.0 Å². The Kier molecular flexibility index (Phi) is 4.08. The molecule has 0 bridgehead atoms. The molecule has 2 nitrogen and oxygen atoms in total. The molecule has 2 rings (SSSR count). The molecule has 3 N–H and O–H groups in total. The Balaban J connectivity index is 1.99. The fourth-order valence-electron chi connectivity index (χ4n) is 2.64. The van der Waals surface area contributed by atoms with Gasteiger partial charge in [0.1, 0.15) is 0 Å². The van der Waals surface area contributed by atoms with Gasteiger partial charge in [-0.05, 0) is 69.7 Å². The Labute approximate surface area is 111 Å². The minimum Gasteiger partial charge on any atom is -0.324 e. The molecule has 0 saturated carbocycles. The number of aryl methyl sites for hydroxylation is 1. The van der Waals surface area contributed by atoms with Crippen molar-refractivity contribution >= 4 is 0 Å². The van der Waals surface area contributed by atoms with Crippen LogP contribution in [-0.4, -0.2) is 12.1 Å². The molecule has 1 aromatic carbocycles. The van der Waals surface area contributed by atoms with Crippen LogP contribution in [0.2, 0.25) is 0 Å². The van der Waals surface area contributed by atoms with E-state index < -0.39 is 0 Å². The van der Waals surface area contributed by atoms with Crippen molar-refractivity contribution in [2.75, 3.05) is 6.54 Å². The second-order valence-electron chi connectivity index (χ2n) is 6.46. The standard InChI is InChI=1S/C16H26N2/c1-16(2,3)18-10-9-12-7-8-14-13(11-12)5-4-6-15(14)17/h7-8,11,15,18H,4-6,9-10,17H2,1-3H3. The number of nitrogens with two attached hydrogens (primary N) is 1. The maximum atomic E-state index is 6.14. The maximum Gasteiger partial charge on any atom is 0.0297 e. The fraction of sp³-hybridized carbons (Fsp3) is 0.625. The Morgan fingerprint density at radius 1 is 1.33 bits per heavy atom. The number of nitrogens with one attached hydrogen (secondary N) is 1. The number of benzene rings is 1.